The van der Waals surface area contributed by atoms with Crippen LogP contribution in [0.15, 0.2) is 61.1 Å². The molecule has 1 saturated carbocycles. The molecule has 3 aliphatic rings. The third-order valence-corrected chi connectivity index (χ3v) is 11.2. The first kappa shape index (κ1) is 37.2. The number of fused-ring (bicyclic) bond motifs is 2. The number of nitrogens with zero attached hydrogens (tertiary/aromatic N) is 7. The second-order valence-corrected chi connectivity index (χ2v) is 14.8. The first-order valence-electron chi connectivity index (χ1n) is 18.8. The number of amides is 4. The average Bonchev–Trinajstić information content (AvgIpc) is 3.61. The number of urea groups is 1. The number of methoxy groups -OCH3 is 1. The molecule has 2 aliphatic heterocycles. The lowest BCUT2D eigenvalue weighted by Gasteiger charge is -2.40. The molecule has 8 rings (SSSR count). The molecule has 4 amide bonds. The van der Waals surface area contributed by atoms with Crippen LogP contribution < -0.4 is 25.2 Å². The van der Waals surface area contributed by atoms with E-state index in [4.69, 9.17) is 9.84 Å². The Morgan fingerprint density at radius 3 is 2.50 bits per heavy atom. The highest BCUT2D eigenvalue weighted by atomic mass is 19.4. The van der Waals surface area contributed by atoms with E-state index < -0.39 is 23.8 Å². The van der Waals surface area contributed by atoms with E-state index in [2.05, 4.69) is 43.4 Å². The number of anilines is 3. The minimum absolute atomic E-state index is 0.221. The van der Waals surface area contributed by atoms with E-state index in [1.54, 1.807) is 23.2 Å². The van der Waals surface area contributed by atoms with E-state index >= 15 is 0 Å². The molecular formula is C40H42F3N9O4. The largest absolute Gasteiger partial charge is 0.494 e. The number of aryl methyl sites for hydroxylation is 1. The van der Waals surface area contributed by atoms with Crippen molar-refractivity contribution >= 4 is 56.6 Å². The van der Waals surface area contributed by atoms with Gasteiger partial charge in [0, 0.05) is 86.0 Å². The number of hydrogen-bond donors (Lipinski definition) is 2. The lowest BCUT2D eigenvalue weighted by Crippen LogP contribution is -2.49. The molecule has 292 valence electrons. The van der Waals surface area contributed by atoms with Crippen molar-refractivity contribution in [3.8, 4) is 5.75 Å². The highest BCUT2D eigenvalue weighted by Gasteiger charge is 2.33. The van der Waals surface area contributed by atoms with Gasteiger partial charge in [0.1, 0.15) is 17.1 Å². The van der Waals surface area contributed by atoms with Gasteiger partial charge in [-0.2, -0.15) is 18.3 Å². The number of halogens is 3. The van der Waals surface area contributed by atoms with E-state index in [1.165, 1.54) is 13.2 Å². The standard InChI is InChI=1S/C40H42F3N9O4/c1-24-6-11-28-29(20-44-21-33(28)51-13-12-36(53)47-39(51)55)37(24)50-16-14-49(15-17-50)22-25-7-9-27(10-8-25)52-23-26-18-32(34(56-2)19-31(26)48-52)46-38(54)30-4-3-5-35(45-30)40(41,42)43/h3-6,11,18-21,23,25,27H,7-10,12-17,22H2,1-2H3,(H,46,54)(H,47,53,55)/t25-,27-. The number of hydrogen-bond acceptors (Lipinski definition) is 9. The summed E-state index contributed by atoms with van der Waals surface area (Å²) in [4.78, 5) is 51.9. The molecule has 2 N–H and O–H groups in total. The van der Waals surface area contributed by atoms with Crippen molar-refractivity contribution in [3.63, 3.8) is 0 Å². The SMILES string of the molecule is COc1cc2nn([C@H]3CC[C@H](CN4CCN(c5c(C)ccc6c(N7CCC(=O)NC7=O)cncc56)CC4)CC3)cc2cc1NC(=O)c1cccc(C(F)(F)F)n1. The summed E-state index contributed by atoms with van der Waals surface area (Å²) in [5, 5.41) is 12.6. The van der Waals surface area contributed by atoms with Crippen LogP contribution in [0.3, 0.4) is 0 Å². The van der Waals surface area contributed by atoms with Crippen LogP contribution in [0.5, 0.6) is 5.75 Å². The smallest absolute Gasteiger partial charge is 0.433 e. The van der Waals surface area contributed by atoms with Gasteiger partial charge in [-0.3, -0.25) is 34.4 Å². The summed E-state index contributed by atoms with van der Waals surface area (Å²) in [5.41, 5.74) is 2.51. The number of pyridine rings is 2. The third kappa shape index (κ3) is 7.44. The number of carbonyl (C=O) groups excluding carboxylic acids is 3. The molecular weight excluding hydrogens is 727 g/mol. The Labute approximate surface area is 320 Å². The van der Waals surface area contributed by atoms with E-state index in [0.29, 0.717) is 35.1 Å². The average molecular weight is 770 g/mol. The number of carbonyl (C=O) groups is 3. The highest BCUT2D eigenvalue weighted by molar-refractivity contribution is 6.11. The zero-order chi connectivity index (χ0) is 39.1. The van der Waals surface area contributed by atoms with Crippen LogP contribution in [0.1, 0.15) is 59.9 Å². The predicted octanol–water partition coefficient (Wildman–Crippen LogP) is 6.57. The lowest BCUT2D eigenvalue weighted by molar-refractivity contribution is -0.141. The van der Waals surface area contributed by atoms with Crippen LogP contribution in [0.25, 0.3) is 21.7 Å². The quantitative estimate of drug-likeness (QED) is 0.180. The van der Waals surface area contributed by atoms with E-state index in [9.17, 15) is 27.6 Å². The Balaban J connectivity index is 0.877. The molecule has 0 radical (unpaired) electrons. The maximum atomic E-state index is 13.2. The van der Waals surface area contributed by atoms with Gasteiger partial charge in [0.05, 0.1) is 36.2 Å². The molecule has 5 heterocycles. The zero-order valence-electron chi connectivity index (χ0n) is 31.1. The van der Waals surface area contributed by atoms with Crippen LogP contribution in [-0.4, -0.2) is 88.9 Å². The van der Waals surface area contributed by atoms with Gasteiger partial charge < -0.3 is 15.0 Å². The number of piperazine rings is 1. The molecule has 2 aromatic carbocycles. The van der Waals surface area contributed by atoms with Gasteiger partial charge in [-0.1, -0.05) is 18.2 Å². The number of benzene rings is 2. The molecule has 0 spiro atoms. The maximum absolute atomic E-state index is 13.2. The normalized spacial score (nSPS) is 19.7. The number of rotatable bonds is 8. The fraction of sp³-hybridized carbons (Fsp3) is 0.400. The first-order chi connectivity index (χ1) is 26.9. The van der Waals surface area contributed by atoms with Crippen LogP contribution in [0.4, 0.5) is 35.0 Å². The molecule has 3 fully saturated rings. The van der Waals surface area contributed by atoms with Crippen molar-refractivity contribution in [1.29, 1.82) is 0 Å². The van der Waals surface area contributed by atoms with Gasteiger partial charge >= 0.3 is 12.2 Å². The Bertz CT molecular complexity index is 2310. The molecule has 2 saturated heterocycles. The highest BCUT2D eigenvalue weighted by Crippen LogP contribution is 2.38. The number of nitrogens with one attached hydrogen (secondary N) is 2. The molecule has 0 atom stereocenters. The number of alkyl halides is 3. The summed E-state index contributed by atoms with van der Waals surface area (Å²) in [7, 11) is 1.46. The molecule has 1 aliphatic carbocycles. The lowest BCUT2D eigenvalue weighted by atomic mass is 9.85. The van der Waals surface area contributed by atoms with Gasteiger partial charge in [0.15, 0.2) is 0 Å². The maximum Gasteiger partial charge on any atom is 0.433 e. The van der Waals surface area contributed by atoms with E-state index in [1.807, 2.05) is 23.1 Å². The van der Waals surface area contributed by atoms with Crippen molar-refractivity contribution in [2.45, 2.75) is 51.2 Å². The second kappa shape index (κ2) is 15.0. The van der Waals surface area contributed by atoms with Crippen LogP contribution in [-0.2, 0) is 11.0 Å². The molecule has 16 heteroatoms. The number of aromatic nitrogens is 4. The van der Waals surface area contributed by atoms with Crippen molar-refractivity contribution in [2.75, 3.05) is 61.5 Å². The first-order valence-corrected chi connectivity index (χ1v) is 18.8. The van der Waals surface area contributed by atoms with E-state index in [0.717, 1.165) is 97.9 Å². The Morgan fingerprint density at radius 1 is 0.982 bits per heavy atom. The van der Waals surface area contributed by atoms with Gasteiger partial charge in [0.25, 0.3) is 5.91 Å². The molecule has 5 aromatic rings. The van der Waals surface area contributed by atoms with E-state index in [-0.39, 0.29) is 24.1 Å². The summed E-state index contributed by atoms with van der Waals surface area (Å²) < 4.78 is 47.0. The van der Waals surface area contributed by atoms with Crippen molar-refractivity contribution in [3.05, 3.63) is 78.0 Å². The Kier molecular flexibility index (Phi) is 9.99. The van der Waals surface area contributed by atoms with Crippen molar-refractivity contribution < 1.29 is 32.3 Å². The fourth-order valence-electron chi connectivity index (χ4n) is 8.29. The topological polar surface area (TPSA) is 138 Å². The monoisotopic (exact) mass is 769 g/mol. The van der Waals surface area contributed by atoms with Crippen LogP contribution in [0.2, 0.25) is 0 Å². The number of ether oxygens (including phenoxy) is 1. The minimum Gasteiger partial charge on any atom is -0.494 e. The second-order valence-electron chi connectivity index (χ2n) is 14.8. The van der Waals surface area contributed by atoms with Gasteiger partial charge in [0.2, 0.25) is 5.91 Å². The fourth-order valence-corrected chi connectivity index (χ4v) is 8.29. The molecule has 0 bridgehead atoms. The summed E-state index contributed by atoms with van der Waals surface area (Å²) in [6.45, 7) is 7.09. The van der Waals surface area contributed by atoms with Crippen molar-refractivity contribution in [2.24, 2.45) is 5.92 Å². The Morgan fingerprint density at radius 2 is 1.77 bits per heavy atom. The van der Waals surface area contributed by atoms with Gasteiger partial charge in [-0.05, 0) is 62.3 Å². The van der Waals surface area contributed by atoms with Crippen LogP contribution in [0, 0.1) is 12.8 Å². The molecule has 13 nitrogen and oxygen atoms in total. The van der Waals surface area contributed by atoms with Crippen molar-refractivity contribution in [1.82, 2.24) is 30.0 Å². The molecule has 56 heavy (non-hydrogen) atoms. The minimum atomic E-state index is -4.67. The summed E-state index contributed by atoms with van der Waals surface area (Å²) in [5.74, 6) is -0.130. The number of imide groups is 1. The zero-order valence-corrected chi connectivity index (χ0v) is 31.1. The third-order valence-electron chi connectivity index (χ3n) is 11.2. The molecule has 3 aromatic heterocycles. The molecule has 0 unspecified atom stereocenters. The predicted molar refractivity (Wildman–Crippen MR) is 205 cm³/mol. The summed E-state index contributed by atoms with van der Waals surface area (Å²) in [6.07, 6.45) is 5.21. The van der Waals surface area contributed by atoms with Gasteiger partial charge in [-0.15, -0.1) is 0 Å². The summed E-state index contributed by atoms with van der Waals surface area (Å²) >= 11 is 0. The van der Waals surface area contributed by atoms with Gasteiger partial charge in [-0.25, -0.2) is 9.78 Å². The Hall–Kier alpha value is -5.77. The van der Waals surface area contributed by atoms with Crippen LogP contribution >= 0.6 is 0 Å². The summed E-state index contributed by atoms with van der Waals surface area (Å²) in [6, 6.07) is 10.6.